The minimum absolute atomic E-state index is 0.160. The van der Waals surface area contributed by atoms with E-state index >= 15 is 0 Å². The summed E-state index contributed by atoms with van der Waals surface area (Å²) in [6.45, 7) is 7.51. The second-order valence-corrected chi connectivity index (χ2v) is 6.22. The summed E-state index contributed by atoms with van der Waals surface area (Å²) in [6, 6.07) is 7.74. The van der Waals surface area contributed by atoms with Crippen molar-refractivity contribution in [1.82, 2.24) is 9.88 Å². The van der Waals surface area contributed by atoms with Gasteiger partial charge in [-0.2, -0.15) is 0 Å². The first-order valence-electron chi connectivity index (χ1n) is 6.80. The van der Waals surface area contributed by atoms with Crippen molar-refractivity contribution < 1.29 is 9.90 Å². The van der Waals surface area contributed by atoms with Crippen LogP contribution in [0.2, 0.25) is 0 Å². The lowest BCUT2D eigenvalue weighted by atomic mass is 10.0. The van der Waals surface area contributed by atoms with Crippen molar-refractivity contribution in [2.45, 2.75) is 39.3 Å². The molecule has 1 aromatic carbocycles. The lowest BCUT2D eigenvalue weighted by molar-refractivity contribution is 0.0905. The number of hydrogen-bond acceptors (Lipinski definition) is 2. The molecule has 4 heteroatoms. The van der Waals surface area contributed by atoms with Gasteiger partial charge in [0, 0.05) is 29.1 Å². The van der Waals surface area contributed by atoms with Crippen LogP contribution in [0.15, 0.2) is 24.3 Å². The van der Waals surface area contributed by atoms with Gasteiger partial charge in [-0.1, -0.05) is 18.2 Å². The number of hydrogen-bond donors (Lipinski definition) is 2. The molecule has 0 aliphatic rings. The number of nitrogens with zero attached hydrogens (tertiary/aromatic N) is 1. The number of carbonyl (C=O) groups is 1. The third-order valence-electron chi connectivity index (χ3n) is 3.27. The predicted octanol–water partition coefficient (Wildman–Crippen LogP) is 2.76. The Labute approximate surface area is 119 Å². The molecule has 20 heavy (non-hydrogen) atoms. The summed E-state index contributed by atoms with van der Waals surface area (Å²) in [5.41, 5.74) is 1.84. The van der Waals surface area contributed by atoms with E-state index in [0.717, 1.165) is 10.9 Å². The normalized spacial score (nSPS) is 13.5. The first-order chi connectivity index (χ1) is 9.22. The fourth-order valence-electron chi connectivity index (χ4n) is 2.52. The Bertz CT molecular complexity index is 648. The number of para-hydroxylation sites is 1. The molecule has 1 amide bonds. The van der Waals surface area contributed by atoms with Gasteiger partial charge < -0.3 is 15.0 Å². The van der Waals surface area contributed by atoms with Crippen LogP contribution in [0.1, 0.15) is 49.9 Å². The second-order valence-electron chi connectivity index (χ2n) is 6.22. The highest BCUT2D eigenvalue weighted by Gasteiger charge is 2.25. The number of aryl methyl sites for hydroxylation is 1. The van der Waals surface area contributed by atoms with E-state index in [9.17, 15) is 9.90 Å². The maximum absolute atomic E-state index is 12.5. The topological polar surface area (TPSA) is 54.3 Å². The Hall–Kier alpha value is -1.81. The maximum atomic E-state index is 12.5. The van der Waals surface area contributed by atoms with Crippen molar-refractivity contribution in [2.75, 3.05) is 0 Å². The zero-order valence-corrected chi connectivity index (χ0v) is 12.7. The molecule has 0 saturated heterocycles. The number of aliphatic hydroxyl groups excluding tert-OH is 1. The van der Waals surface area contributed by atoms with Gasteiger partial charge in [0.25, 0.3) is 5.91 Å². The summed E-state index contributed by atoms with van der Waals surface area (Å²) < 4.78 is 1.85. The minimum atomic E-state index is -0.693. The first-order valence-corrected chi connectivity index (χ1v) is 6.80. The number of aliphatic hydroxyl groups is 1. The summed E-state index contributed by atoms with van der Waals surface area (Å²) in [6.07, 6.45) is -0.693. The molecule has 1 aromatic heterocycles. The van der Waals surface area contributed by atoms with Crippen LogP contribution >= 0.6 is 0 Å². The molecule has 1 heterocycles. The van der Waals surface area contributed by atoms with Gasteiger partial charge in [0.1, 0.15) is 5.69 Å². The Balaban J connectivity index is 2.66. The largest absolute Gasteiger partial charge is 0.389 e. The van der Waals surface area contributed by atoms with Crippen LogP contribution in [0.3, 0.4) is 0 Å². The van der Waals surface area contributed by atoms with Crippen molar-refractivity contribution >= 4 is 16.8 Å². The highest BCUT2D eigenvalue weighted by molar-refractivity contribution is 6.02. The molecule has 1 unspecified atom stereocenters. The van der Waals surface area contributed by atoms with Crippen molar-refractivity contribution in [3.63, 3.8) is 0 Å². The molecule has 0 spiro atoms. The number of nitrogens with one attached hydrogen (secondary N) is 1. The van der Waals surface area contributed by atoms with Gasteiger partial charge in [0.2, 0.25) is 0 Å². The summed E-state index contributed by atoms with van der Waals surface area (Å²) >= 11 is 0. The summed E-state index contributed by atoms with van der Waals surface area (Å²) in [4.78, 5) is 12.5. The van der Waals surface area contributed by atoms with Gasteiger partial charge >= 0.3 is 0 Å². The molecule has 108 valence electrons. The van der Waals surface area contributed by atoms with Crippen LogP contribution in [0.5, 0.6) is 0 Å². The lowest BCUT2D eigenvalue weighted by Gasteiger charge is -2.21. The Morgan fingerprint density at radius 1 is 1.30 bits per heavy atom. The number of fused-ring (bicyclic) bond motifs is 1. The van der Waals surface area contributed by atoms with E-state index in [1.165, 1.54) is 0 Å². The van der Waals surface area contributed by atoms with Crippen LogP contribution in [-0.2, 0) is 7.05 Å². The average Bonchev–Trinajstić information content (AvgIpc) is 2.61. The third kappa shape index (κ3) is 2.56. The first kappa shape index (κ1) is 14.6. The van der Waals surface area contributed by atoms with Gasteiger partial charge in [0.05, 0.1) is 6.10 Å². The molecule has 0 bridgehead atoms. The molecule has 0 aliphatic heterocycles. The van der Waals surface area contributed by atoms with Crippen LogP contribution in [0.25, 0.3) is 10.9 Å². The van der Waals surface area contributed by atoms with Crippen LogP contribution in [-0.4, -0.2) is 21.1 Å². The summed E-state index contributed by atoms with van der Waals surface area (Å²) in [5.74, 6) is -0.160. The van der Waals surface area contributed by atoms with Gasteiger partial charge in [-0.3, -0.25) is 4.79 Å². The highest BCUT2D eigenvalue weighted by atomic mass is 16.3. The zero-order valence-electron chi connectivity index (χ0n) is 12.7. The van der Waals surface area contributed by atoms with E-state index in [1.807, 2.05) is 56.7 Å². The van der Waals surface area contributed by atoms with Gasteiger partial charge in [-0.05, 0) is 33.8 Å². The van der Waals surface area contributed by atoms with E-state index in [-0.39, 0.29) is 11.4 Å². The third-order valence-corrected chi connectivity index (χ3v) is 3.27. The monoisotopic (exact) mass is 274 g/mol. The van der Waals surface area contributed by atoms with Gasteiger partial charge in [0.15, 0.2) is 0 Å². The smallest absolute Gasteiger partial charge is 0.268 e. The average molecular weight is 274 g/mol. The Morgan fingerprint density at radius 3 is 2.45 bits per heavy atom. The molecule has 0 saturated carbocycles. The van der Waals surface area contributed by atoms with E-state index in [1.54, 1.807) is 6.92 Å². The van der Waals surface area contributed by atoms with Crippen molar-refractivity contribution in [1.29, 1.82) is 0 Å². The second kappa shape index (κ2) is 4.94. The van der Waals surface area contributed by atoms with Crippen LogP contribution in [0, 0.1) is 0 Å². The molecule has 2 aromatic rings. The number of amides is 1. The SMILES string of the molecule is CC(O)c1c(C(=O)NC(C)(C)C)n(C)c2ccccc12. The molecule has 2 rings (SSSR count). The molecular weight excluding hydrogens is 252 g/mol. The van der Waals surface area contributed by atoms with E-state index in [2.05, 4.69) is 5.32 Å². The van der Waals surface area contributed by atoms with Crippen molar-refractivity contribution in [2.24, 2.45) is 7.05 Å². The standard InChI is InChI=1S/C16H22N2O2/c1-10(19)13-11-8-6-7-9-12(11)18(5)14(13)15(20)17-16(2,3)4/h6-10,19H,1-5H3,(H,17,20). The molecule has 1 atom stereocenters. The number of carbonyl (C=O) groups excluding carboxylic acids is 1. The highest BCUT2D eigenvalue weighted by Crippen LogP contribution is 2.30. The molecule has 0 aliphatic carbocycles. The van der Waals surface area contributed by atoms with Gasteiger partial charge in [-0.25, -0.2) is 0 Å². The van der Waals surface area contributed by atoms with E-state index in [4.69, 9.17) is 0 Å². The lowest BCUT2D eigenvalue weighted by Crippen LogP contribution is -2.41. The quantitative estimate of drug-likeness (QED) is 0.884. The maximum Gasteiger partial charge on any atom is 0.268 e. The van der Waals surface area contributed by atoms with Gasteiger partial charge in [-0.15, -0.1) is 0 Å². The van der Waals surface area contributed by atoms with E-state index in [0.29, 0.717) is 11.3 Å². The summed E-state index contributed by atoms with van der Waals surface area (Å²) in [7, 11) is 1.85. The van der Waals surface area contributed by atoms with E-state index < -0.39 is 6.10 Å². The molecule has 0 fully saturated rings. The van der Waals surface area contributed by atoms with Crippen molar-refractivity contribution in [3.8, 4) is 0 Å². The molecule has 4 nitrogen and oxygen atoms in total. The number of rotatable bonds is 2. The molecule has 0 radical (unpaired) electrons. The predicted molar refractivity (Wildman–Crippen MR) is 80.8 cm³/mol. The Morgan fingerprint density at radius 2 is 1.90 bits per heavy atom. The van der Waals surface area contributed by atoms with Crippen LogP contribution < -0.4 is 5.32 Å². The number of aromatic nitrogens is 1. The minimum Gasteiger partial charge on any atom is -0.389 e. The van der Waals surface area contributed by atoms with Crippen molar-refractivity contribution in [3.05, 3.63) is 35.5 Å². The van der Waals surface area contributed by atoms with Crippen LogP contribution in [0.4, 0.5) is 0 Å². The number of benzene rings is 1. The zero-order chi connectivity index (χ0) is 15.1. The molecule has 2 N–H and O–H groups in total. The molecular formula is C16H22N2O2. The Kier molecular flexibility index (Phi) is 3.61. The fraction of sp³-hybridized carbons (Fsp3) is 0.438. The fourth-order valence-corrected chi connectivity index (χ4v) is 2.52. The summed E-state index contributed by atoms with van der Waals surface area (Å²) in [5, 5.41) is 14.0.